The number of nitrogens with one attached hydrogen (secondary N) is 1. The fourth-order valence-electron chi connectivity index (χ4n) is 16.6. The molecule has 6 saturated heterocycles. The molecule has 3 aliphatic carbocycles. The van der Waals surface area contributed by atoms with Gasteiger partial charge in [-0.1, -0.05) is 99.9 Å². The van der Waals surface area contributed by atoms with Gasteiger partial charge in [0.2, 0.25) is 0 Å². The number of rotatable bonds is 20. The quantitative estimate of drug-likeness (QED) is 0.0531. The van der Waals surface area contributed by atoms with Gasteiger partial charge in [-0.25, -0.2) is 29.3 Å². The standard InChI is InChI=1S/C28H31N3O4.C27H29N3O4.C21H26N2O2.C7H6ClNO2/c1-17-5-3-4-6-23(17)26-24(27(35-30-26)18-7-8-18)16-34-22-13-20-10-11-21(14-22)31(20)25-12-9-19(15-29-25)28(32)33-2;1-16-4-2-3-5-22(16)25-23(26(34-29-25)17-6-7-17)15-33-21-12-19-9-10-20(13-21)30(19)24-11-8-18(14-28-24)27(31)32;1-13-4-2-3-5-18(13)20-19(21(25-23-20)14-6-7-14)12-24-17-10-15-8-9-16(11-17)22-15;1-11-7(10)5-2-3-6(8)9-4-5/h3-6,9,12,15,18,20-22H,7-8,10-11,13-14,16H2,1-2H3;2-5,8,11,14,17,19-21H,6-7,9-10,12-13,15H2,1H3,(H,31,32);2-5,14-17,22H,6-12H2,1H3;2-4H,1H3/t20-,21?,22?;19-,20?,21?;15-,16?,17?;/m000./s1. The lowest BCUT2D eigenvalue weighted by Gasteiger charge is -2.39. The van der Waals surface area contributed by atoms with Gasteiger partial charge in [0.15, 0.2) is 0 Å². The number of carboxylic acids is 1. The molecule has 0 spiro atoms. The first-order valence-corrected chi connectivity index (χ1v) is 37.8. The van der Waals surface area contributed by atoms with Crippen LogP contribution in [-0.4, -0.2) is 122 Å². The van der Waals surface area contributed by atoms with Crippen LogP contribution in [0.5, 0.6) is 0 Å². The second-order valence-corrected chi connectivity index (χ2v) is 30.2. The first-order chi connectivity index (χ1) is 51.2. The number of hydrogen-bond acceptors (Lipinski definition) is 20. The third-order valence-corrected chi connectivity index (χ3v) is 22.8. The average molecular weight is 1440 g/mol. The number of methoxy groups -OCH3 is 2. The van der Waals surface area contributed by atoms with Crippen LogP contribution in [0.4, 0.5) is 11.6 Å². The van der Waals surface area contributed by atoms with E-state index >= 15 is 0 Å². The summed E-state index contributed by atoms with van der Waals surface area (Å²) in [5, 5.41) is 26.6. The third-order valence-electron chi connectivity index (χ3n) is 22.5. The van der Waals surface area contributed by atoms with Gasteiger partial charge in [0.25, 0.3) is 0 Å². The number of aromatic nitrogens is 6. The van der Waals surface area contributed by atoms with Gasteiger partial charge in [-0.05, 0) is 189 Å². The zero-order chi connectivity index (χ0) is 72.2. The van der Waals surface area contributed by atoms with Gasteiger partial charge in [0, 0.05) is 106 Å². The summed E-state index contributed by atoms with van der Waals surface area (Å²) in [6, 6.07) is 38.2. The Kier molecular flexibility index (Phi) is 21.7. The van der Waals surface area contributed by atoms with Crippen molar-refractivity contribution < 1.29 is 56.7 Å². The molecule has 18 rings (SSSR count). The van der Waals surface area contributed by atoms with Gasteiger partial charge in [-0.15, -0.1) is 0 Å². The van der Waals surface area contributed by atoms with Crippen LogP contribution >= 0.6 is 11.6 Å². The highest BCUT2D eigenvalue weighted by Gasteiger charge is 2.45. The van der Waals surface area contributed by atoms with E-state index in [0.717, 1.165) is 145 Å². The fraction of sp³-hybridized carbons (Fsp3) is 0.458. The van der Waals surface area contributed by atoms with Gasteiger partial charge in [0.1, 0.15) is 51.2 Å². The number of anilines is 2. The number of aromatic carboxylic acids is 1. The van der Waals surface area contributed by atoms with Crippen LogP contribution in [0.3, 0.4) is 0 Å². The highest BCUT2D eigenvalue weighted by atomic mass is 35.5. The predicted octanol–water partition coefficient (Wildman–Crippen LogP) is 16.6. The smallest absolute Gasteiger partial charge is 0.339 e. The van der Waals surface area contributed by atoms with Crippen molar-refractivity contribution in [1.82, 2.24) is 35.7 Å². The van der Waals surface area contributed by atoms with Crippen LogP contribution in [0.2, 0.25) is 5.15 Å². The van der Waals surface area contributed by atoms with Crippen molar-refractivity contribution in [3.8, 4) is 33.8 Å². The highest BCUT2D eigenvalue weighted by Crippen LogP contribution is 2.49. The molecule has 6 aliphatic heterocycles. The van der Waals surface area contributed by atoms with E-state index < -0.39 is 11.9 Å². The van der Waals surface area contributed by atoms with Crippen LogP contribution in [0.1, 0.15) is 215 Å². The Labute approximate surface area is 617 Å². The molecule has 9 aliphatic rings. The van der Waals surface area contributed by atoms with Crippen LogP contribution in [0.15, 0.2) is 141 Å². The molecule has 9 aromatic rings. The number of pyridine rings is 3. The number of aryl methyl sites for hydroxylation is 3. The molecule has 0 amide bonds. The van der Waals surface area contributed by atoms with E-state index in [-0.39, 0.29) is 23.7 Å². The molecular formula is C83H92ClN9O12. The maximum absolute atomic E-state index is 11.8. The number of piperidine rings is 3. The van der Waals surface area contributed by atoms with Crippen LogP contribution in [0.25, 0.3) is 33.8 Å². The number of carbonyl (C=O) groups excluding carboxylic acids is 2. The molecule has 3 saturated carbocycles. The lowest BCUT2D eigenvalue weighted by Crippen LogP contribution is -2.46. The van der Waals surface area contributed by atoms with Crippen molar-refractivity contribution in [2.24, 2.45) is 0 Å². The molecule has 548 valence electrons. The van der Waals surface area contributed by atoms with Crippen LogP contribution in [0, 0.1) is 20.8 Å². The highest BCUT2D eigenvalue weighted by molar-refractivity contribution is 6.29. The molecule has 12 heterocycles. The van der Waals surface area contributed by atoms with Crippen LogP contribution < -0.4 is 15.1 Å². The minimum absolute atomic E-state index is 0.179. The number of fused-ring (bicyclic) bond motifs is 6. The summed E-state index contributed by atoms with van der Waals surface area (Å²) in [6.07, 6.45) is 25.5. The minimum Gasteiger partial charge on any atom is -0.478 e. The number of carboxylic acid groups (broad SMARTS) is 1. The van der Waals surface area contributed by atoms with Crippen molar-refractivity contribution >= 4 is 41.1 Å². The summed E-state index contributed by atoms with van der Waals surface area (Å²) >= 11 is 5.50. The van der Waals surface area contributed by atoms with Crippen molar-refractivity contribution in [3.05, 3.63) is 200 Å². The van der Waals surface area contributed by atoms with Gasteiger partial charge >= 0.3 is 17.9 Å². The summed E-state index contributed by atoms with van der Waals surface area (Å²) in [6.45, 7) is 8.05. The molecule has 22 heteroatoms. The Morgan fingerprint density at radius 2 is 0.790 bits per heavy atom. The number of nitrogens with zero attached hydrogens (tertiary/aromatic N) is 8. The Balaban J connectivity index is 0.000000119. The summed E-state index contributed by atoms with van der Waals surface area (Å²) in [5.41, 5.74) is 14.4. The van der Waals surface area contributed by atoms with Crippen molar-refractivity contribution in [2.75, 3.05) is 24.0 Å². The molecule has 6 aromatic heterocycles. The first kappa shape index (κ1) is 71.5. The molecule has 0 radical (unpaired) electrons. The molecule has 105 heavy (non-hydrogen) atoms. The summed E-state index contributed by atoms with van der Waals surface area (Å²) < 4.78 is 46.2. The molecule has 3 aromatic carbocycles. The van der Waals surface area contributed by atoms with Gasteiger partial charge in [-0.2, -0.15) is 0 Å². The SMILES string of the molecule is COC(=O)c1ccc(Cl)nc1.COC(=O)c1ccc(N2C3CC[C@H]2CC(OCc2c(-c4ccccc4C)noc2C2CC2)C3)nc1.Cc1ccccc1-c1noc(C2CC2)c1COC1CC2CC[C@@H](C1)N2.Cc1ccccc1-c1noc(C2CC2)c1COC1CC2CC[C@@H](C1)N2c1ccc(C(=O)O)cn1. The third kappa shape index (κ3) is 16.3. The molecular weight excluding hydrogens is 1350 g/mol. The Morgan fingerprint density at radius 3 is 1.10 bits per heavy atom. The van der Waals surface area contributed by atoms with E-state index in [1.165, 1.54) is 99.0 Å². The Hall–Kier alpha value is -9.12. The maximum atomic E-state index is 11.8. The normalized spacial score (nSPS) is 23.3. The Bertz CT molecular complexity index is 4470. The maximum Gasteiger partial charge on any atom is 0.339 e. The van der Waals surface area contributed by atoms with E-state index in [9.17, 15) is 14.4 Å². The lowest BCUT2D eigenvalue weighted by molar-refractivity contribution is 0.00873. The topological polar surface area (TPSA) is 253 Å². The lowest BCUT2D eigenvalue weighted by atomic mass is 9.98. The molecule has 21 nitrogen and oxygen atoms in total. The zero-order valence-corrected chi connectivity index (χ0v) is 61.1. The van der Waals surface area contributed by atoms with E-state index in [1.54, 1.807) is 24.4 Å². The minimum atomic E-state index is -0.946. The first-order valence-electron chi connectivity index (χ1n) is 37.5. The summed E-state index contributed by atoms with van der Waals surface area (Å²) in [4.78, 5) is 51.3. The number of esters is 2. The van der Waals surface area contributed by atoms with E-state index in [2.05, 4.69) is 132 Å². The van der Waals surface area contributed by atoms with Crippen molar-refractivity contribution in [3.63, 3.8) is 0 Å². The van der Waals surface area contributed by atoms with Crippen molar-refractivity contribution in [1.29, 1.82) is 0 Å². The summed E-state index contributed by atoms with van der Waals surface area (Å²) in [5.74, 6) is 4.67. The zero-order valence-electron chi connectivity index (χ0n) is 60.3. The molecule has 6 bridgehead atoms. The number of halogens is 1. The molecule has 6 unspecified atom stereocenters. The van der Waals surface area contributed by atoms with E-state index in [1.807, 2.05) is 24.3 Å². The number of carbonyl (C=O) groups is 3. The fourth-order valence-corrected chi connectivity index (χ4v) is 16.7. The van der Waals surface area contributed by atoms with Gasteiger partial charge < -0.3 is 57.5 Å². The second kappa shape index (κ2) is 31.9. The monoisotopic (exact) mass is 1440 g/mol. The average Bonchev–Trinajstić information content (AvgIpc) is 1.64. The van der Waals surface area contributed by atoms with E-state index in [0.29, 0.717) is 96.2 Å². The Morgan fingerprint density at radius 1 is 0.448 bits per heavy atom. The largest absolute Gasteiger partial charge is 0.478 e. The molecule has 2 N–H and O–H groups in total. The van der Waals surface area contributed by atoms with Gasteiger partial charge in [0.05, 0.1) is 69.0 Å². The number of benzene rings is 3. The van der Waals surface area contributed by atoms with Gasteiger partial charge in [-0.3, -0.25) is 0 Å². The second-order valence-electron chi connectivity index (χ2n) is 29.8. The number of ether oxygens (including phenoxy) is 5. The predicted molar refractivity (Wildman–Crippen MR) is 395 cm³/mol. The van der Waals surface area contributed by atoms with Crippen LogP contribution in [-0.2, 0) is 43.5 Å². The van der Waals surface area contributed by atoms with E-state index in [4.69, 9.17) is 49.2 Å². The number of hydrogen-bond donors (Lipinski definition) is 2. The molecule has 9 fully saturated rings. The van der Waals surface area contributed by atoms with Crippen molar-refractivity contribution in [2.45, 2.75) is 228 Å². The summed E-state index contributed by atoms with van der Waals surface area (Å²) in [7, 11) is 2.70. The molecule has 9 atom stereocenters.